The third-order valence-corrected chi connectivity index (χ3v) is 4.72. The van der Waals surface area contributed by atoms with E-state index >= 15 is 0 Å². The van der Waals surface area contributed by atoms with Crippen molar-refractivity contribution in [1.29, 1.82) is 0 Å². The van der Waals surface area contributed by atoms with Crippen molar-refractivity contribution in [3.63, 3.8) is 0 Å². The van der Waals surface area contributed by atoms with E-state index in [1.54, 1.807) is 6.20 Å². The second-order valence-electron chi connectivity index (χ2n) is 6.86. The summed E-state index contributed by atoms with van der Waals surface area (Å²) in [4.78, 5) is 19.2. The molecule has 7 nitrogen and oxygen atoms in total. The van der Waals surface area contributed by atoms with E-state index in [1.807, 2.05) is 42.1 Å². The number of amides is 1. The molecule has 154 valence electrons. The van der Waals surface area contributed by atoms with Crippen molar-refractivity contribution in [2.24, 2.45) is 7.05 Å². The second kappa shape index (κ2) is 11.0. The number of carbonyl (C=O) groups excluding carboxylic acids is 1. The normalized spacial score (nSPS) is 17.0. The Morgan fingerprint density at radius 3 is 3.04 bits per heavy atom. The third kappa shape index (κ3) is 5.95. The Labute approximate surface area is 172 Å². The number of aryl methyl sites for hydroxylation is 1. The molecule has 28 heavy (non-hydrogen) atoms. The molecule has 1 saturated heterocycles. The molecule has 1 aliphatic rings. The van der Waals surface area contributed by atoms with Gasteiger partial charge < -0.3 is 19.9 Å². The molecule has 1 aromatic heterocycles. The first kappa shape index (κ1) is 22.2. The number of hydrogen-bond donors (Lipinski definition) is 2. The lowest BCUT2D eigenvalue weighted by atomic mass is 10.1. The second-order valence-corrected chi connectivity index (χ2v) is 6.86. The molecule has 3 rings (SSSR count). The molecule has 8 heteroatoms. The molecule has 0 bridgehead atoms. The van der Waals surface area contributed by atoms with Crippen molar-refractivity contribution < 1.29 is 9.53 Å². The molecule has 2 N–H and O–H groups in total. The van der Waals surface area contributed by atoms with E-state index in [0.717, 1.165) is 43.2 Å². The number of piperazine rings is 1. The molecule has 0 radical (unpaired) electrons. The Bertz CT molecular complexity index is 752. The number of rotatable bonds is 8. The highest BCUT2D eigenvalue weighted by Crippen LogP contribution is 2.20. The van der Waals surface area contributed by atoms with Gasteiger partial charge in [-0.2, -0.15) is 0 Å². The number of halogens is 1. The maximum absolute atomic E-state index is 12.5. The minimum absolute atomic E-state index is 0. The zero-order valence-corrected chi connectivity index (χ0v) is 17.4. The van der Waals surface area contributed by atoms with E-state index in [4.69, 9.17) is 4.74 Å². The summed E-state index contributed by atoms with van der Waals surface area (Å²) in [5.74, 6) is 1.85. The molecular weight excluding hydrogens is 378 g/mol. The SMILES string of the molecule is CCCOc1cccc(CNC(=O)CN2CCNCC2c2nccn2C)c1.Cl. The van der Waals surface area contributed by atoms with Crippen molar-refractivity contribution in [2.45, 2.75) is 25.9 Å². The third-order valence-electron chi connectivity index (χ3n) is 4.72. The molecule has 0 spiro atoms. The molecule has 1 unspecified atom stereocenters. The molecule has 2 heterocycles. The van der Waals surface area contributed by atoms with Crippen LogP contribution in [0.4, 0.5) is 0 Å². The van der Waals surface area contributed by atoms with Gasteiger partial charge in [-0.05, 0) is 24.1 Å². The summed E-state index contributed by atoms with van der Waals surface area (Å²) >= 11 is 0. The van der Waals surface area contributed by atoms with Gasteiger partial charge in [0.25, 0.3) is 0 Å². The monoisotopic (exact) mass is 407 g/mol. The molecule has 1 aliphatic heterocycles. The summed E-state index contributed by atoms with van der Waals surface area (Å²) in [6.45, 7) is 6.16. The fourth-order valence-corrected chi connectivity index (χ4v) is 3.29. The summed E-state index contributed by atoms with van der Waals surface area (Å²) in [7, 11) is 1.99. The van der Waals surface area contributed by atoms with Crippen molar-refractivity contribution in [1.82, 2.24) is 25.1 Å². The molecule has 0 saturated carbocycles. The highest BCUT2D eigenvalue weighted by atomic mass is 35.5. The predicted octanol–water partition coefficient (Wildman–Crippen LogP) is 1.89. The average Bonchev–Trinajstić information content (AvgIpc) is 3.11. The summed E-state index contributed by atoms with van der Waals surface area (Å²) in [5, 5.41) is 6.42. The lowest BCUT2D eigenvalue weighted by molar-refractivity contribution is -0.123. The zero-order chi connectivity index (χ0) is 19.1. The van der Waals surface area contributed by atoms with Gasteiger partial charge in [0.1, 0.15) is 11.6 Å². The lowest BCUT2D eigenvalue weighted by Crippen LogP contribution is -2.50. The van der Waals surface area contributed by atoms with Crippen molar-refractivity contribution >= 4 is 18.3 Å². The largest absolute Gasteiger partial charge is 0.494 e. The summed E-state index contributed by atoms with van der Waals surface area (Å²) < 4.78 is 7.67. The van der Waals surface area contributed by atoms with E-state index < -0.39 is 0 Å². The Morgan fingerprint density at radius 2 is 2.29 bits per heavy atom. The highest BCUT2D eigenvalue weighted by molar-refractivity contribution is 5.85. The first-order chi connectivity index (χ1) is 13.2. The van der Waals surface area contributed by atoms with E-state index in [0.29, 0.717) is 19.7 Å². The molecule has 2 aromatic rings. The summed E-state index contributed by atoms with van der Waals surface area (Å²) in [6.07, 6.45) is 4.72. The van der Waals surface area contributed by atoms with Crippen LogP contribution in [0.2, 0.25) is 0 Å². The van der Waals surface area contributed by atoms with E-state index in [1.165, 1.54) is 0 Å². The van der Waals surface area contributed by atoms with Gasteiger partial charge >= 0.3 is 0 Å². The number of nitrogens with zero attached hydrogens (tertiary/aromatic N) is 3. The number of nitrogens with one attached hydrogen (secondary N) is 2. The van der Waals surface area contributed by atoms with E-state index in [9.17, 15) is 4.79 Å². The lowest BCUT2D eigenvalue weighted by Gasteiger charge is -2.35. The molecule has 1 fully saturated rings. The van der Waals surface area contributed by atoms with Crippen LogP contribution in [0.1, 0.15) is 30.8 Å². The highest BCUT2D eigenvalue weighted by Gasteiger charge is 2.28. The van der Waals surface area contributed by atoms with Crippen molar-refractivity contribution in [3.05, 3.63) is 48.0 Å². The van der Waals surface area contributed by atoms with Crippen molar-refractivity contribution in [3.8, 4) is 5.75 Å². The van der Waals surface area contributed by atoms with Crippen LogP contribution in [0.25, 0.3) is 0 Å². The summed E-state index contributed by atoms with van der Waals surface area (Å²) in [6, 6.07) is 7.99. The van der Waals surface area contributed by atoms with Gasteiger partial charge in [0.15, 0.2) is 0 Å². The van der Waals surface area contributed by atoms with Gasteiger partial charge in [0.2, 0.25) is 5.91 Å². The Kier molecular flexibility index (Phi) is 8.76. The molecule has 1 atom stereocenters. The number of aromatic nitrogens is 2. The first-order valence-corrected chi connectivity index (χ1v) is 9.57. The molecule has 0 aliphatic carbocycles. The van der Waals surface area contributed by atoms with Crippen LogP contribution in [0.15, 0.2) is 36.7 Å². The van der Waals surface area contributed by atoms with Gasteiger partial charge in [0, 0.05) is 45.6 Å². The van der Waals surface area contributed by atoms with Gasteiger partial charge in [-0.25, -0.2) is 4.98 Å². The standard InChI is InChI=1S/C20H29N5O2.ClH/c1-3-11-27-17-6-4-5-16(12-17)13-23-19(26)15-25-10-7-21-14-18(25)20-22-8-9-24(20)2;/h4-6,8-9,12,18,21H,3,7,10-11,13-15H2,1-2H3,(H,23,26);1H. The van der Waals surface area contributed by atoms with Crippen LogP contribution < -0.4 is 15.4 Å². The zero-order valence-electron chi connectivity index (χ0n) is 16.6. The van der Waals surface area contributed by atoms with Gasteiger partial charge in [-0.15, -0.1) is 12.4 Å². The van der Waals surface area contributed by atoms with Crippen molar-refractivity contribution in [2.75, 3.05) is 32.8 Å². The van der Waals surface area contributed by atoms with Crippen LogP contribution >= 0.6 is 12.4 Å². The first-order valence-electron chi connectivity index (χ1n) is 9.57. The number of imidazole rings is 1. The minimum Gasteiger partial charge on any atom is -0.494 e. The molecular formula is C20H30ClN5O2. The number of benzene rings is 1. The van der Waals surface area contributed by atoms with Crippen LogP contribution in [-0.2, 0) is 18.4 Å². The maximum atomic E-state index is 12.5. The van der Waals surface area contributed by atoms with Crippen LogP contribution in [0.3, 0.4) is 0 Å². The van der Waals surface area contributed by atoms with E-state index in [-0.39, 0.29) is 24.4 Å². The predicted molar refractivity (Wildman–Crippen MR) is 112 cm³/mol. The number of hydrogen-bond acceptors (Lipinski definition) is 5. The average molecular weight is 408 g/mol. The number of ether oxygens (including phenoxy) is 1. The fraction of sp³-hybridized carbons (Fsp3) is 0.500. The molecule has 1 aromatic carbocycles. The smallest absolute Gasteiger partial charge is 0.234 e. The topological polar surface area (TPSA) is 71.4 Å². The minimum atomic E-state index is 0. The van der Waals surface area contributed by atoms with Crippen LogP contribution in [-0.4, -0.2) is 53.1 Å². The van der Waals surface area contributed by atoms with E-state index in [2.05, 4.69) is 27.4 Å². The maximum Gasteiger partial charge on any atom is 0.234 e. The number of carbonyl (C=O) groups is 1. The Morgan fingerprint density at radius 1 is 1.43 bits per heavy atom. The fourth-order valence-electron chi connectivity index (χ4n) is 3.29. The summed E-state index contributed by atoms with van der Waals surface area (Å²) in [5.41, 5.74) is 1.04. The molecule has 1 amide bonds. The van der Waals surface area contributed by atoms with Gasteiger partial charge in [0.05, 0.1) is 19.2 Å². The quantitative estimate of drug-likeness (QED) is 0.699. The van der Waals surface area contributed by atoms with Crippen LogP contribution in [0.5, 0.6) is 5.75 Å². The van der Waals surface area contributed by atoms with Gasteiger partial charge in [-0.3, -0.25) is 9.69 Å². The Hall–Kier alpha value is -2.09. The van der Waals surface area contributed by atoms with Gasteiger partial charge in [-0.1, -0.05) is 19.1 Å². The van der Waals surface area contributed by atoms with Crippen LogP contribution in [0, 0.1) is 0 Å². The Balaban J connectivity index is 0.00000280.